The van der Waals surface area contributed by atoms with E-state index in [1.807, 2.05) is 0 Å². The van der Waals surface area contributed by atoms with Gasteiger partial charge in [0, 0.05) is 6.61 Å². The zero-order valence-corrected chi connectivity index (χ0v) is 13.5. The Labute approximate surface area is 138 Å². The highest BCUT2D eigenvalue weighted by Crippen LogP contribution is 2.32. The van der Waals surface area contributed by atoms with Crippen LogP contribution in [-0.2, 0) is 17.6 Å². The van der Waals surface area contributed by atoms with E-state index in [-0.39, 0.29) is 12.6 Å². The number of fused-ring (bicyclic) bond motifs is 2. The summed E-state index contributed by atoms with van der Waals surface area (Å²) < 4.78 is 5.35. The summed E-state index contributed by atoms with van der Waals surface area (Å²) in [7, 11) is 0. The van der Waals surface area contributed by atoms with Crippen LogP contribution in [0.2, 0.25) is 0 Å². The number of aliphatic hydroxyl groups is 1. The van der Waals surface area contributed by atoms with Crippen molar-refractivity contribution in [1.82, 2.24) is 5.32 Å². The van der Waals surface area contributed by atoms with E-state index in [4.69, 9.17) is 9.84 Å². The highest BCUT2D eigenvalue weighted by atomic mass is 16.5. The van der Waals surface area contributed by atoms with Gasteiger partial charge in [0.25, 0.3) is 0 Å². The zero-order valence-electron chi connectivity index (χ0n) is 13.5. The molecule has 3 heteroatoms. The molecule has 0 heterocycles. The monoisotopic (exact) mass is 311 g/mol. The Morgan fingerprint density at radius 3 is 2.13 bits per heavy atom. The molecule has 0 saturated heterocycles. The molecular weight excluding hydrogens is 286 g/mol. The van der Waals surface area contributed by atoms with Crippen molar-refractivity contribution >= 4 is 0 Å². The highest BCUT2D eigenvalue weighted by Gasteiger charge is 2.22. The summed E-state index contributed by atoms with van der Waals surface area (Å²) in [5.41, 5.74) is 5.68. The fraction of sp³-hybridized carbons (Fsp3) is 0.400. The van der Waals surface area contributed by atoms with Crippen LogP contribution in [0.25, 0.3) is 0 Å². The van der Waals surface area contributed by atoms with Crippen molar-refractivity contribution in [3.8, 4) is 0 Å². The normalized spacial score (nSPS) is 14.1. The largest absolute Gasteiger partial charge is 0.394 e. The lowest BCUT2D eigenvalue weighted by Crippen LogP contribution is -2.25. The van der Waals surface area contributed by atoms with Crippen LogP contribution in [0.1, 0.15) is 34.7 Å². The van der Waals surface area contributed by atoms with Crippen LogP contribution in [0.3, 0.4) is 0 Å². The molecule has 0 bridgehead atoms. The average Bonchev–Trinajstić information content (AvgIpc) is 2.75. The molecule has 1 aliphatic rings. The Kier molecular flexibility index (Phi) is 5.81. The summed E-state index contributed by atoms with van der Waals surface area (Å²) in [4.78, 5) is 0. The number of ether oxygens (including phenoxy) is 1. The quantitative estimate of drug-likeness (QED) is 0.773. The van der Waals surface area contributed by atoms with Gasteiger partial charge in [-0.25, -0.2) is 0 Å². The van der Waals surface area contributed by atoms with Crippen LogP contribution in [-0.4, -0.2) is 31.5 Å². The average molecular weight is 311 g/mol. The van der Waals surface area contributed by atoms with E-state index < -0.39 is 0 Å². The Morgan fingerprint density at radius 1 is 0.913 bits per heavy atom. The summed E-state index contributed by atoms with van der Waals surface area (Å²) in [6.07, 6.45) is 3.15. The van der Waals surface area contributed by atoms with Crippen LogP contribution in [0.15, 0.2) is 48.5 Å². The summed E-state index contributed by atoms with van der Waals surface area (Å²) >= 11 is 0. The predicted octanol–water partition coefficient (Wildman–Crippen LogP) is 2.86. The molecule has 3 rings (SSSR count). The summed E-state index contributed by atoms with van der Waals surface area (Å²) in [5.74, 6) is 0. The smallest absolute Gasteiger partial charge is 0.0697 e. The second kappa shape index (κ2) is 8.25. The number of hydrogen-bond donors (Lipinski definition) is 2. The van der Waals surface area contributed by atoms with E-state index in [0.717, 1.165) is 25.8 Å². The summed E-state index contributed by atoms with van der Waals surface area (Å²) in [6.45, 7) is 2.11. The molecule has 0 spiro atoms. The number of rotatable bonds is 7. The van der Waals surface area contributed by atoms with Crippen molar-refractivity contribution in [3.63, 3.8) is 0 Å². The molecule has 3 nitrogen and oxygen atoms in total. The van der Waals surface area contributed by atoms with Crippen molar-refractivity contribution in [1.29, 1.82) is 0 Å². The van der Waals surface area contributed by atoms with E-state index in [1.165, 1.54) is 22.3 Å². The molecule has 0 aromatic heterocycles. The van der Waals surface area contributed by atoms with Crippen LogP contribution < -0.4 is 5.32 Å². The van der Waals surface area contributed by atoms with Crippen LogP contribution in [0.4, 0.5) is 0 Å². The Bertz CT molecular complexity index is 579. The van der Waals surface area contributed by atoms with Gasteiger partial charge in [0.1, 0.15) is 0 Å². The van der Waals surface area contributed by atoms with Gasteiger partial charge in [-0.05, 0) is 48.1 Å². The molecule has 2 N–H and O–H groups in total. The molecule has 0 fully saturated rings. The third kappa shape index (κ3) is 3.99. The van der Waals surface area contributed by atoms with Gasteiger partial charge >= 0.3 is 0 Å². The van der Waals surface area contributed by atoms with Gasteiger partial charge in [0.2, 0.25) is 0 Å². The number of nitrogens with one attached hydrogen (secondary N) is 1. The van der Waals surface area contributed by atoms with Crippen molar-refractivity contribution < 1.29 is 9.84 Å². The number of benzene rings is 2. The molecule has 0 amide bonds. The van der Waals surface area contributed by atoms with Gasteiger partial charge in [0.15, 0.2) is 0 Å². The molecule has 2 aromatic rings. The summed E-state index contributed by atoms with van der Waals surface area (Å²) in [5, 5.41) is 12.4. The number of aryl methyl sites for hydroxylation is 2. The van der Waals surface area contributed by atoms with Crippen molar-refractivity contribution in [2.45, 2.75) is 25.3 Å². The van der Waals surface area contributed by atoms with Gasteiger partial charge in [0.05, 0.1) is 19.3 Å². The molecule has 1 aliphatic carbocycles. The topological polar surface area (TPSA) is 41.5 Å². The molecule has 0 aliphatic heterocycles. The number of hydrogen-bond acceptors (Lipinski definition) is 3. The predicted molar refractivity (Wildman–Crippen MR) is 92.7 cm³/mol. The third-order valence-electron chi connectivity index (χ3n) is 4.45. The fourth-order valence-corrected chi connectivity index (χ4v) is 3.33. The Hall–Kier alpha value is -1.68. The first-order chi connectivity index (χ1) is 11.4. The Morgan fingerprint density at radius 2 is 1.52 bits per heavy atom. The van der Waals surface area contributed by atoms with Gasteiger partial charge in [-0.2, -0.15) is 0 Å². The van der Waals surface area contributed by atoms with Gasteiger partial charge < -0.3 is 15.2 Å². The first-order valence-corrected chi connectivity index (χ1v) is 8.47. The van der Waals surface area contributed by atoms with E-state index in [1.54, 1.807) is 0 Å². The first-order valence-electron chi connectivity index (χ1n) is 8.47. The van der Waals surface area contributed by atoms with E-state index in [9.17, 15) is 0 Å². The van der Waals surface area contributed by atoms with E-state index >= 15 is 0 Å². The van der Waals surface area contributed by atoms with Gasteiger partial charge in [-0.3, -0.25) is 0 Å². The first kappa shape index (κ1) is 16.2. The molecule has 0 saturated carbocycles. The lowest BCUT2D eigenvalue weighted by atomic mass is 9.94. The molecule has 23 heavy (non-hydrogen) atoms. The maximum absolute atomic E-state index is 8.74. The van der Waals surface area contributed by atoms with Gasteiger partial charge in [-0.15, -0.1) is 0 Å². The summed E-state index contributed by atoms with van der Waals surface area (Å²) in [6, 6.07) is 17.8. The van der Waals surface area contributed by atoms with Crippen LogP contribution >= 0.6 is 0 Å². The molecule has 0 unspecified atom stereocenters. The lowest BCUT2D eigenvalue weighted by Gasteiger charge is -2.22. The van der Waals surface area contributed by atoms with Crippen LogP contribution in [0, 0.1) is 0 Å². The fourth-order valence-electron chi connectivity index (χ4n) is 3.33. The van der Waals surface area contributed by atoms with Crippen molar-refractivity contribution in [3.05, 3.63) is 70.8 Å². The molecule has 0 atom stereocenters. The maximum atomic E-state index is 8.74. The minimum atomic E-state index is 0.0941. The standard InChI is InChI=1S/C20H25NO2/c22-13-15-23-14-5-12-21-20-18-8-3-1-6-16(18)10-11-17-7-2-4-9-19(17)20/h1-4,6-9,20-22H,5,10-15H2. The van der Waals surface area contributed by atoms with Gasteiger partial charge in [-0.1, -0.05) is 48.5 Å². The molecular formula is C20H25NO2. The van der Waals surface area contributed by atoms with E-state index in [2.05, 4.69) is 53.8 Å². The minimum Gasteiger partial charge on any atom is -0.394 e. The number of aliphatic hydroxyl groups excluding tert-OH is 1. The minimum absolute atomic E-state index is 0.0941. The molecule has 0 radical (unpaired) electrons. The lowest BCUT2D eigenvalue weighted by molar-refractivity contribution is 0.0905. The SMILES string of the molecule is OCCOCCCNC1c2ccccc2CCc2ccccc21. The van der Waals surface area contributed by atoms with Crippen molar-refractivity contribution in [2.75, 3.05) is 26.4 Å². The maximum Gasteiger partial charge on any atom is 0.0697 e. The van der Waals surface area contributed by atoms with Crippen LogP contribution in [0.5, 0.6) is 0 Å². The zero-order chi connectivity index (χ0) is 15.9. The highest BCUT2D eigenvalue weighted by molar-refractivity contribution is 5.44. The van der Waals surface area contributed by atoms with E-state index in [0.29, 0.717) is 13.2 Å². The molecule has 2 aromatic carbocycles. The third-order valence-corrected chi connectivity index (χ3v) is 4.45. The van der Waals surface area contributed by atoms with Crippen molar-refractivity contribution in [2.24, 2.45) is 0 Å². The second-order valence-corrected chi connectivity index (χ2v) is 5.97. The second-order valence-electron chi connectivity index (χ2n) is 5.97. The molecule has 122 valence electrons. The Balaban J connectivity index is 1.74.